The second-order valence-electron chi connectivity index (χ2n) is 3.07. The highest BCUT2D eigenvalue weighted by molar-refractivity contribution is 6.06. The van der Waals surface area contributed by atoms with E-state index < -0.39 is 11.9 Å². The number of benzene rings is 1. The zero-order valence-electron chi connectivity index (χ0n) is 8.24. The molecule has 0 aliphatic rings. The first-order chi connectivity index (χ1) is 7.02. The second-order valence-corrected chi connectivity index (χ2v) is 3.07. The minimum Gasteiger partial charge on any atom is -0.545 e. The number of carbonyl (C=O) groups is 2. The maximum absolute atomic E-state index is 11.3. The molecule has 1 amide bonds. The number of hydrogen-bond acceptors (Lipinski definition) is 3. The van der Waals surface area contributed by atoms with Crippen LogP contribution in [-0.2, 0) is 4.79 Å². The summed E-state index contributed by atoms with van der Waals surface area (Å²) in [5, 5.41) is 13.1. The quantitative estimate of drug-likeness (QED) is 0.731. The van der Waals surface area contributed by atoms with Gasteiger partial charge in [-0.25, -0.2) is 0 Å². The van der Waals surface area contributed by atoms with E-state index in [1.165, 1.54) is 19.1 Å². The Morgan fingerprint density at radius 2 is 1.93 bits per heavy atom. The van der Waals surface area contributed by atoms with E-state index in [0.717, 1.165) is 0 Å². The third kappa shape index (κ3) is 2.67. The number of hydrogen-bond donors (Lipinski definition) is 1. The Hall–Kier alpha value is -2.10. The van der Waals surface area contributed by atoms with Crippen LogP contribution in [0.15, 0.2) is 36.4 Å². The lowest BCUT2D eigenvalue weighted by Crippen LogP contribution is -2.24. The van der Waals surface area contributed by atoms with Crippen molar-refractivity contribution in [2.45, 2.75) is 6.92 Å². The van der Waals surface area contributed by atoms with Gasteiger partial charge in [0.15, 0.2) is 0 Å². The summed E-state index contributed by atoms with van der Waals surface area (Å²) in [7, 11) is 0. The molecular formula is C11H10NO3-. The van der Waals surface area contributed by atoms with Crippen molar-refractivity contribution >= 4 is 17.6 Å². The van der Waals surface area contributed by atoms with Crippen molar-refractivity contribution < 1.29 is 14.7 Å². The molecule has 78 valence electrons. The van der Waals surface area contributed by atoms with E-state index in [1.54, 1.807) is 12.1 Å². The summed E-state index contributed by atoms with van der Waals surface area (Å²) in [4.78, 5) is 22.0. The summed E-state index contributed by atoms with van der Waals surface area (Å²) in [5.41, 5.74) is 0.473. The van der Waals surface area contributed by atoms with Crippen molar-refractivity contribution in [3.63, 3.8) is 0 Å². The van der Waals surface area contributed by atoms with Gasteiger partial charge in [-0.15, -0.1) is 0 Å². The molecule has 0 saturated carbocycles. The fourth-order valence-electron chi connectivity index (χ4n) is 0.999. The van der Waals surface area contributed by atoms with Crippen LogP contribution in [0.2, 0.25) is 0 Å². The number of nitrogens with one attached hydrogen (secondary N) is 1. The van der Waals surface area contributed by atoms with Crippen LogP contribution in [0.25, 0.3) is 0 Å². The van der Waals surface area contributed by atoms with Crippen LogP contribution in [0.3, 0.4) is 0 Å². The normalized spacial score (nSPS) is 9.40. The highest BCUT2D eigenvalue weighted by atomic mass is 16.4. The van der Waals surface area contributed by atoms with Gasteiger partial charge in [0.05, 0.1) is 11.7 Å². The molecule has 0 saturated heterocycles. The average Bonchev–Trinajstić information content (AvgIpc) is 2.18. The van der Waals surface area contributed by atoms with Gasteiger partial charge < -0.3 is 15.2 Å². The number of anilines is 1. The molecule has 0 fully saturated rings. The van der Waals surface area contributed by atoms with Crippen molar-refractivity contribution in [1.29, 1.82) is 0 Å². The topological polar surface area (TPSA) is 69.2 Å². The van der Waals surface area contributed by atoms with Gasteiger partial charge in [-0.1, -0.05) is 24.8 Å². The fourth-order valence-corrected chi connectivity index (χ4v) is 0.999. The number of aromatic carboxylic acids is 1. The van der Waals surface area contributed by atoms with Crippen LogP contribution in [0.1, 0.15) is 17.3 Å². The van der Waals surface area contributed by atoms with E-state index in [4.69, 9.17) is 0 Å². The van der Waals surface area contributed by atoms with Gasteiger partial charge in [-0.3, -0.25) is 4.79 Å². The zero-order chi connectivity index (χ0) is 11.4. The number of carboxylic acid groups (broad SMARTS) is 1. The van der Waals surface area contributed by atoms with E-state index in [2.05, 4.69) is 11.9 Å². The van der Waals surface area contributed by atoms with E-state index in [-0.39, 0.29) is 11.3 Å². The number of amides is 1. The molecule has 0 spiro atoms. The van der Waals surface area contributed by atoms with Gasteiger partial charge in [0, 0.05) is 11.1 Å². The standard InChI is InChI=1S/C11H11NO3/c1-7(2)10(13)12-9-6-4-3-5-8(9)11(14)15/h3-6H,1H2,2H3,(H,12,13)(H,14,15)/p-1. The molecule has 0 heterocycles. The van der Waals surface area contributed by atoms with Gasteiger partial charge in [0.2, 0.25) is 0 Å². The van der Waals surface area contributed by atoms with Crippen molar-refractivity contribution in [3.05, 3.63) is 42.0 Å². The van der Waals surface area contributed by atoms with Crippen molar-refractivity contribution in [1.82, 2.24) is 0 Å². The molecular weight excluding hydrogens is 194 g/mol. The van der Waals surface area contributed by atoms with Crippen LogP contribution in [-0.4, -0.2) is 11.9 Å². The summed E-state index contributed by atoms with van der Waals surface area (Å²) in [6.45, 7) is 4.99. The number of rotatable bonds is 3. The van der Waals surface area contributed by atoms with Gasteiger partial charge >= 0.3 is 0 Å². The van der Waals surface area contributed by atoms with Crippen molar-refractivity contribution in [3.8, 4) is 0 Å². The number of para-hydroxylation sites is 1. The first-order valence-electron chi connectivity index (χ1n) is 4.29. The molecule has 15 heavy (non-hydrogen) atoms. The van der Waals surface area contributed by atoms with Crippen LogP contribution >= 0.6 is 0 Å². The summed E-state index contributed by atoms with van der Waals surface area (Å²) in [5.74, 6) is -1.74. The van der Waals surface area contributed by atoms with Gasteiger partial charge in [0.1, 0.15) is 0 Å². The van der Waals surface area contributed by atoms with Gasteiger partial charge in [-0.05, 0) is 13.0 Å². The zero-order valence-corrected chi connectivity index (χ0v) is 8.24. The minimum atomic E-state index is -1.33. The Kier molecular flexibility index (Phi) is 3.23. The van der Waals surface area contributed by atoms with Crippen LogP contribution < -0.4 is 10.4 Å². The third-order valence-electron chi connectivity index (χ3n) is 1.78. The molecule has 1 aromatic carbocycles. The maximum atomic E-state index is 11.3. The highest BCUT2D eigenvalue weighted by Crippen LogP contribution is 2.14. The maximum Gasteiger partial charge on any atom is 0.250 e. The van der Waals surface area contributed by atoms with Crippen LogP contribution in [0, 0.1) is 0 Å². The largest absolute Gasteiger partial charge is 0.545 e. The number of carbonyl (C=O) groups excluding carboxylic acids is 2. The highest BCUT2D eigenvalue weighted by Gasteiger charge is 2.06. The van der Waals surface area contributed by atoms with Gasteiger partial charge in [-0.2, -0.15) is 0 Å². The first kappa shape index (κ1) is 11.0. The Balaban J connectivity index is 2.99. The average molecular weight is 204 g/mol. The van der Waals surface area contributed by atoms with Crippen molar-refractivity contribution in [2.24, 2.45) is 0 Å². The predicted molar refractivity (Wildman–Crippen MR) is 54.2 cm³/mol. The SMILES string of the molecule is C=C(C)C(=O)Nc1ccccc1C(=O)[O-]. The minimum absolute atomic E-state index is 0.0490. The molecule has 4 heteroatoms. The molecule has 0 aliphatic heterocycles. The predicted octanol–water partition coefficient (Wildman–Crippen LogP) is 0.565. The molecule has 0 atom stereocenters. The Morgan fingerprint density at radius 1 is 1.33 bits per heavy atom. The summed E-state index contributed by atoms with van der Waals surface area (Å²) in [6, 6.07) is 6.04. The molecule has 1 rings (SSSR count). The van der Waals surface area contributed by atoms with E-state index in [0.29, 0.717) is 5.57 Å². The van der Waals surface area contributed by atoms with Gasteiger partial charge in [0.25, 0.3) is 5.91 Å². The molecule has 0 radical (unpaired) electrons. The molecule has 1 N–H and O–H groups in total. The van der Waals surface area contributed by atoms with Crippen LogP contribution in [0.4, 0.5) is 5.69 Å². The van der Waals surface area contributed by atoms with E-state index in [1.807, 2.05) is 0 Å². The van der Waals surface area contributed by atoms with Crippen LogP contribution in [0.5, 0.6) is 0 Å². The second kappa shape index (κ2) is 4.41. The third-order valence-corrected chi connectivity index (χ3v) is 1.78. The molecule has 0 unspecified atom stereocenters. The molecule has 0 aliphatic carbocycles. The monoisotopic (exact) mass is 204 g/mol. The lowest BCUT2D eigenvalue weighted by Gasteiger charge is -2.11. The Labute approximate surface area is 87.2 Å². The lowest BCUT2D eigenvalue weighted by atomic mass is 10.1. The number of carboxylic acids is 1. The van der Waals surface area contributed by atoms with Crippen molar-refractivity contribution in [2.75, 3.05) is 5.32 Å². The Morgan fingerprint density at radius 3 is 2.47 bits per heavy atom. The molecule has 0 bridgehead atoms. The smallest absolute Gasteiger partial charge is 0.250 e. The van der Waals surface area contributed by atoms with E-state index in [9.17, 15) is 14.7 Å². The Bertz CT molecular complexity index is 424. The summed E-state index contributed by atoms with van der Waals surface area (Å²) < 4.78 is 0. The molecule has 1 aromatic rings. The molecule has 4 nitrogen and oxygen atoms in total. The van der Waals surface area contributed by atoms with E-state index >= 15 is 0 Å². The lowest BCUT2D eigenvalue weighted by molar-refractivity contribution is -0.254. The summed E-state index contributed by atoms with van der Waals surface area (Å²) in [6.07, 6.45) is 0. The fraction of sp³-hybridized carbons (Fsp3) is 0.0909. The molecule has 0 aromatic heterocycles. The first-order valence-corrected chi connectivity index (χ1v) is 4.29. The summed E-state index contributed by atoms with van der Waals surface area (Å²) >= 11 is 0.